The van der Waals surface area contributed by atoms with E-state index in [0.717, 1.165) is 5.39 Å². The molecule has 9 nitrogen and oxygen atoms in total. The Kier molecular flexibility index (Phi) is 7.47. The van der Waals surface area contributed by atoms with E-state index in [4.69, 9.17) is 13.9 Å². The van der Waals surface area contributed by atoms with Gasteiger partial charge in [0.1, 0.15) is 22.8 Å². The van der Waals surface area contributed by atoms with E-state index >= 15 is 0 Å². The Morgan fingerprint density at radius 1 is 1.06 bits per heavy atom. The lowest BCUT2D eigenvalue weighted by molar-refractivity contribution is -0.158. The number of ether oxygens (including phenoxy) is 2. The lowest BCUT2D eigenvalue weighted by Crippen LogP contribution is -2.47. The van der Waals surface area contributed by atoms with Crippen LogP contribution in [-0.2, 0) is 24.3 Å². The summed E-state index contributed by atoms with van der Waals surface area (Å²) in [5, 5.41) is 1.42. The zero-order valence-corrected chi connectivity index (χ0v) is 21.9. The molecule has 10 heteroatoms. The fourth-order valence-electron chi connectivity index (χ4n) is 3.66. The van der Waals surface area contributed by atoms with E-state index in [0.29, 0.717) is 28.8 Å². The maximum Gasteiger partial charge on any atom is 0.413 e. The number of nitrogens with one attached hydrogen (secondary N) is 1. The van der Waals surface area contributed by atoms with Crippen molar-refractivity contribution in [3.8, 4) is 0 Å². The van der Waals surface area contributed by atoms with Crippen molar-refractivity contribution < 1.29 is 31.9 Å². The SMILES string of the molecule is CCN(C(=O)OC)c1ccc2oc3cc(S(=O)(=O)NC(C(=O)OC(C)(C)C)C(C)C)ccc3c2c1. The molecule has 0 fully saturated rings. The molecule has 0 radical (unpaired) electrons. The van der Waals surface area contributed by atoms with Crippen LogP contribution < -0.4 is 9.62 Å². The lowest BCUT2D eigenvalue weighted by Gasteiger charge is -2.26. The Morgan fingerprint density at radius 3 is 2.31 bits per heavy atom. The van der Waals surface area contributed by atoms with E-state index < -0.39 is 33.7 Å². The predicted molar refractivity (Wildman–Crippen MR) is 134 cm³/mol. The Bertz CT molecular complexity index is 1350. The summed E-state index contributed by atoms with van der Waals surface area (Å²) in [6.07, 6.45) is -0.483. The number of nitrogens with zero attached hydrogens (tertiary/aromatic N) is 1. The van der Waals surface area contributed by atoms with Crippen LogP contribution >= 0.6 is 0 Å². The first-order valence-corrected chi connectivity index (χ1v) is 12.8. The van der Waals surface area contributed by atoms with Gasteiger partial charge < -0.3 is 13.9 Å². The number of benzene rings is 2. The number of fused-ring (bicyclic) bond motifs is 3. The maximum atomic E-state index is 13.1. The number of sulfonamides is 1. The number of carbonyl (C=O) groups is 2. The van der Waals surface area contributed by atoms with Crippen molar-refractivity contribution in [2.24, 2.45) is 5.92 Å². The number of furan rings is 1. The fraction of sp³-hybridized carbons (Fsp3) is 0.440. The Balaban J connectivity index is 1.98. The highest BCUT2D eigenvalue weighted by Gasteiger charge is 2.32. The molecule has 190 valence electrons. The van der Waals surface area contributed by atoms with Crippen molar-refractivity contribution in [2.45, 2.75) is 58.1 Å². The third-order valence-corrected chi connectivity index (χ3v) is 6.81. The van der Waals surface area contributed by atoms with Crippen LogP contribution in [0, 0.1) is 5.92 Å². The second-order valence-electron chi connectivity index (χ2n) is 9.53. The van der Waals surface area contributed by atoms with Crippen molar-refractivity contribution in [1.29, 1.82) is 0 Å². The first-order chi connectivity index (χ1) is 16.3. The number of methoxy groups -OCH3 is 1. The molecule has 1 aromatic heterocycles. The van der Waals surface area contributed by atoms with E-state index in [1.807, 2.05) is 6.92 Å². The largest absolute Gasteiger partial charge is 0.459 e. The van der Waals surface area contributed by atoms with Gasteiger partial charge in [0.05, 0.1) is 12.0 Å². The average Bonchev–Trinajstić information content (AvgIpc) is 3.13. The molecular formula is C25H32N2O7S. The molecular weight excluding hydrogens is 472 g/mol. The fourth-order valence-corrected chi connectivity index (χ4v) is 5.01. The first kappa shape index (κ1) is 26.5. The van der Waals surface area contributed by atoms with E-state index in [-0.39, 0.29) is 10.8 Å². The minimum absolute atomic E-state index is 0.0387. The predicted octanol–water partition coefficient (Wildman–Crippen LogP) is 4.82. The van der Waals surface area contributed by atoms with Crippen molar-refractivity contribution >= 4 is 49.7 Å². The molecule has 0 aliphatic rings. The summed E-state index contributed by atoms with van der Waals surface area (Å²) in [7, 11) is -2.74. The van der Waals surface area contributed by atoms with Gasteiger partial charge >= 0.3 is 12.1 Å². The molecule has 0 spiro atoms. The highest BCUT2D eigenvalue weighted by molar-refractivity contribution is 7.89. The number of amides is 1. The quantitative estimate of drug-likeness (QED) is 0.459. The molecule has 0 saturated heterocycles. The van der Waals surface area contributed by atoms with Gasteiger partial charge in [-0.3, -0.25) is 9.69 Å². The molecule has 0 saturated carbocycles. The lowest BCUT2D eigenvalue weighted by atomic mass is 10.1. The van der Waals surface area contributed by atoms with Crippen LogP contribution in [0.5, 0.6) is 0 Å². The Labute approximate surface area is 205 Å². The third-order valence-electron chi connectivity index (χ3n) is 5.37. The molecule has 35 heavy (non-hydrogen) atoms. The second-order valence-corrected chi connectivity index (χ2v) is 11.2. The van der Waals surface area contributed by atoms with Crippen LogP contribution in [0.3, 0.4) is 0 Å². The Hall–Kier alpha value is -3.11. The highest BCUT2D eigenvalue weighted by atomic mass is 32.2. The van der Waals surface area contributed by atoms with Gasteiger partial charge in [-0.15, -0.1) is 0 Å². The molecule has 0 aliphatic heterocycles. The van der Waals surface area contributed by atoms with Gasteiger partial charge in [0.25, 0.3) is 0 Å². The zero-order valence-electron chi connectivity index (χ0n) is 21.0. The minimum Gasteiger partial charge on any atom is -0.459 e. The van der Waals surface area contributed by atoms with Crippen LogP contribution in [0.4, 0.5) is 10.5 Å². The summed E-state index contributed by atoms with van der Waals surface area (Å²) in [5.74, 6) is -0.969. The van der Waals surface area contributed by atoms with Gasteiger partial charge in [0.15, 0.2) is 0 Å². The maximum absolute atomic E-state index is 13.1. The number of esters is 1. The number of carbonyl (C=O) groups excluding carboxylic acids is 2. The van der Waals surface area contributed by atoms with E-state index in [1.54, 1.807) is 58.9 Å². The zero-order chi connectivity index (χ0) is 26.1. The van der Waals surface area contributed by atoms with Crippen LogP contribution in [0.2, 0.25) is 0 Å². The van der Waals surface area contributed by atoms with E-state index in [2.05, 4.69) is 4.72 Å². The van der Waals surface area contributed by atoms with Gasteiger partial charge in [0.2, 0.25) is 10.0 Å². The van der Waals surface area contributed by atoms with Crippen LogP contribution in [0.1, 0.15) is 41.5 Å². The molecule has 1 heterocycles. The van der Waals surface area contributed by atoms with Gasteiger partial charge in [-0.25, -0.2) is 13.2 Å². The molecule has 2 aromatic carbocycles. The van der Waals surface area contributed by atoms with Gasteiger partial charge in [-0.1, -0.05) is 13.8 Å². The molecule has 1 amide bonds. The Morgan fingerprint density at radius 2 is 1.74 bits per heavy atom. The van der Waals surface area contributed by atoms with Gasteiger partial charge in [-0.05, 0) is 63.9 Å². The van der Waals surface area contributed by atoms with E-state index in [1.165, 1.54) is 24.1 Å². The summed E-state index contributed by atoms with van der Waals surface area (Å²) in [6.45, 7) is 10.9. The topological polar surface area (TPSA) is 115 Å². The number of hydrogen-bond donors (Lipinski definition) is 1. The summed E-state index contributed by atoms with van der Waals surface area (Å²) < 4.78 is 44.9. The molecule has 1 unspecified atom stereocenters. The number of anilines is 1. The molecule has 3 aromatic rings. The average molecular weight is 505 g/mol. The second kappa shape index (κ2) is 9.87. The highest BCUT2D eigenvalue weighted by Crippen LogP contribution is 2.33. The van der Waals surface area contributed by atoms with Crippen molar-refractivity contribution in [2.75, 3.05) is 18.6 Å². The van der Waals surface area contributed by atoms with Gasteiger partial charge in [-0.2, -0.15) is 4.72 Å². The van der Waals surface area contributed by atoms with E-state index in [9.17, 15) is 18.0 Å². The third kappa shape index (κ3) is 5.76. The molecule has 0 aliphatic carbocycles. The van der Waals surface area contributed by atoms with Crippen LogP contribution in [-0.4, -0.2) is 45.8 Å². The molecule has 1 atom stereocenters. The summed E-state index contributed by atoms with van der Waals surface area (Å²) in [6, 6.07) is 8.72. The number of rotatable bonds is 7. The summed E-state index contributed by atoms with van der Waals surface area (Å²) in [4.78, 5) is 26.1. The van der Waals surface area contributed by atoms with Crippen LogP contribution in [0.15, 0.2) is 45.7 Å². The summed E-state index contributed by atoms with van der Waals surface area (Å²) in [5.41, 5.74) is 0.786. The van der Waals surface area contributed by atoms with Crippen molar-refractivity contribution in [3.63, 3.8) is 0 Å². The van der Waals surface area contributed by atoms with Gasteiger partial charge in [0, 0.05) is 29.1 Å². The monoisotopic (exact) mass is 504 g/mol. The normalized spacial score (nSPS) is 13.3. The molecule has 3 rings (SSSR count). The van der Waals surface area contributed by atoms with Crippen molar-refractivity contribution in [1.82, 2.24) is 4.72 Å². The standard InChI is InChI=1S/C25H32N2O7S/c1-8-27(24(29)32-7)16-9-12-20-19(13-16)18-11-10-17(14-21(18)33-20)35(30,31)26-22(15(2)3)23(28)34-25(4,5)6/h9-15,22,26H,8H2,1-7H3. The summed E-state index contributed by atoms with van der Waals surface area (Å²) >= 11 is 0. The van der Waals surface area contributed by atoms with Crippen LogP contribution in [0.25, 0.3) is 21.9 Å². The minimum atomic E-state index is -4.05. The number of hydrogen-bond acceptors (Lipinski definition) is 7. The molecule has 1 N–H and O–H groups in total. The molecule has 0 bridgehead atoms. The smallest absolute Gasteiger partial charge is 0.413 e. The first-order valence-electron chi connectivity index (χ1n) is 11.3. The van der Waals surface area contributed by atoms with Crippen molar-refractivity contribution in [3.05, 3.63) is 36.4 Å².